The van der Waals surface area contributed by atoms with Gasteiger partial charge in [-0.3, -0.25) is 16.3 Å². The number of nitrogens with zero attached hydrogens (tertiary/aromatic N) is 1. The van der Waals surface area contributed by atoms with Crippen LogP contribution < -0.4 is 11.3 Å². The van der Waals surface area contributed by atoms with Crippen LogP contribution in [0.1, 0.15) is 11.3 Å². The van der Waals surface area contributed by atoms with Gasteiger partial charge < -0.3 is 0 Å². The van der Waals surface area contributed by atoms with Crippen molar-refractivity contribution in [3.8, 4) is 0 Å². The zero-order valence-electron chi connectivity index (χ0n) is 10.3. The van der Waals surface area contributed by atoms with Crippen molar-refractivity contribution in [1.82, 2.24) is 10.4 Å². The van der Waals surface area contributed by atoms with Crippen molar-refractivity contribution in [2.45, 2.75) is 18.9 Å². The first-order valence-electron chi connectivity index (χ1n) is 5.99. The molecule has 0 radical (unpaired) electrons. The van der Waals surface area contributed by atoms with Crippen LogP contribution in [-0.2, 0) is 12.8 Å². The monoisotopic (exact) mass is 279 g/mol. The molecule has 2 aromatic rings. The molecule has 3 N–H and O–H groups in total. The Morgan fingerprint density at radius 2 is 2.11 bits per heavy atom. The third-order valence-corrected chi connectivity index (χ3v) is 3.17. The SMILES string of the molecule is NNC(Cc1ccc(F)c(Cl)c1)Cc1ccccn1. The van der Waals surface area contributed by atoms with Crippen molar-refractivity contribution in [3.63, 3.8) is 0 Å². The van der Waals surface area contributed by atoms with Crippen LogP contribution in [0, 0.1) is 5.82 Å². The fourth-order valence-corrected chi connectivity index (χ4v) is 2.12. The molecule has 1 atom stereocenters. The minimum atomic E-state index is -0.410. The van der Waals surface area contributed by atoms with Crippen LogP contribution in [0.15, 0.2) is 42.6 Å². The highest BCUT2D eigenvalue weighted by molar-refractivity contribution is 6.30. The van der Waals surface area contributed by atoms with E-state index in [-0.39, 0.29) is 11.1 Å². The maximum absolute atomic E-state index is 13.1. The molecule has 0 bridgehead atoms. The fraction of sp³-hybridized carbons (Fsp3) is 0.214. The normalized spacial score (nSPS) is 12.4. The van der Waals surface area contributed by atoms with Gasteiger partial charge in [0.15, 0.2) is 0 Å². The van der Waals surface area contributed by atoms with Crippen LogP contribution in [0.25, 0.3) is 0 Å². The van der Waals surface area contributed by atoms with E-state index in [1.54, 1.807) is 18.3 Å². The summed E-state index contributed by atoms with van der Waals surface area (Å²) in [4.78, 5) is 4.26. The topological polar surface area (TPSA) is 50.9 Å². The van der Waals surface area contributed by atoms with E-state index in [2.05, 4.69) is 10.4 Å². The number of pyridine rings is 1. The number of nitrogens with one attached hydrogen (secondary N) is 1. The van der Waals surface area contributed by atoms with Gasteiger partial charge in [-0.05, 0) is 36.2 Å². The van der Waals surface area contributed by atoms with Gasteiger partial charge in [0.05, 0.1) is 5.02 Å². The molecule has 0 aliphatic heterocycles. The van der Waals surface area contributed by atoms with Gasteiger partial charge in [0.1, 0.15) is 5.82 Å². The minimum absolute atomic E-state index is 0.0245. The van der Waals surface area contributed by atoms with Gasteiger partial charge >= 0.3 is 0 Å². The van der Waals surface area contributed by atoms with Crippen LogP contribution in [0.5, 0.6) is 0 Å². The Morgan fingerprint density at radius 1 is 1.26 bits per heavy atom. The lowest BCUT2D eigenvalue weighted by molar-refractivity contribution is 0.517. The van der Waals surface area contributed by atoms with E-state index >= 15 is 0 Å². The van der Waals surface area contributed by atoms with Crippen LogP contribution in [0.2, 0.25) is 5.02 Å². The highest BCUT2D eigenvalue weighted by Crippen LogP contribution is 2.17. The third kappa shape index (κ3) is 3.99. The van der Waals surface area contributed by atoms with E-state index in [4.69, 9.17) is 17.4 Å². The Kier molecular flexibility index (Phi) is 4.85. The van der Waals surface area contributed by atoms with E-state index in [9.17, 15) is 4.39 Å². The van der Waals surface area contributed by atoms with Crippen LogP contribution >= 0.6 is 11.6 Å². The lowest BCUT2D eigenvalue weighted by Crippen LogP contribution is -2.38. The number of hydrogen-bond donors (Lipinski definition) is 2. The predicted molar refractivity (Wildman–Crippen MR) is 74.2 cm³/mol. The molecule has 2 rings (SSSR count). The van der Waals surface area contributed by atoms with Crippen molar-refractivity contribution >= 4 is 11.6 Å². The van der Waals surface area contributed by atoms with Gasteiger partial charge in [0.25, 0.3) is 0 Å². The maximum Gasteiger partial charge on any atom is 0.141 e. The zero-order chi connectivity index (χ0) is 13.7. The molecule has 1 aromatic heterocycles. The number of hydrazine groups is 1. The van der Waals surface area contributed by atoms with Crippen molar-refractivity contribution in [3.05, 3.63) is 64.7 Å². The first-order valence-corrected chi connectivity index (χ1v) is 6.37. The summed E-state index contributed by atoms with van der Waals surface area (Å²) in [6.07, 6.45) is 3.11. The minimum Gasteiger partial charge on any atom is -0.271 e. The van der Waals surface area contributed by atoms with E-state index in [0.29, 0.717) is 12.8 Å². The smallest absolute Gasteiger partial charge is 0.141 e. The highest BCUT2D eigenvalue weighted by Gasteiger charge is 2.11. The Morgan fingerprint density at radius 3 is 2.74 bits per heavy atom. The number of benzene rings is 1. The second-order valence-electron chi connectivity index (χ2n) is 4.34. The van der Waals surface area contributed by atoms with E-state index in [1.165, 1.54) is 6.07 Å². The highest BCUT2D eigenvalue weighted by atomic mass is 35.5. The number of halogens is 2. The van der Waals surface area contributed by atoms with Gasteiger partial charge in [-0.25, -0.2) is 4.39 Å². The molecule has 1 heterocycles. The third-order valence-electron chi connectivity index (χ3n) is 2.88. The second-order valence-corrected chi connectivity index (χ2v) is 4.75. The van der Waals surface area contributed by atoms with Gasteiger partial charge in [0, 0.05) is 24.4 Å². The van der Waals surface area contributed by atoms with Crippen LogP contribution in [0.3, 0.4) is 0 Å². The summed E-state index contributed by atoms with van der Waals surface area (Å²) in [7, 11) is 0. The predicted octanol–water partition coefficient (Wildman–Crippen LogP) is 2.49. The van der Waals surface area contributed by atoms with E-state index in [0.717, 1.165) is 11.3 Å². The summed E-state index contributed by atoms with van der Waals surface area (Å²) in [5.74, 6) is 5.14. The lowest BCUT2D eigenvalue weighted by atomic mass is 10.0. The quantitative estimate of drug-likeness (QED) is 0.653. The molecule has 0 spiro atoms. The molecular weight excluding hydrogens is 265 g/mol. The average Bonchev–Trinajstić information content (AvgIpc) is 2.43. The Bertz CT molecular complexity index is 533. The molecule has 5 heteroatoms. The Labute approximate surface area is 116 Å². The molecule has 0 aliphatic rings. The van der Waals surface area contributed by atoms with Crippen LogP contribution in [-0.4, -0.2) is 11.0 Å². The van der Waals surface area contributed by atoms with Crippen molar-refractivity contribution in [1.29, 1.82) is 0 Å². The molecule has 0 saturated carbocycles. The summed E-state index contributed by atoms with van der Waals surface area (Å²) in [6.45, 7) is 0. The summed E-state index contributed by atoms with van der Waals surface area (Å²) in [5.41, 5.74) is 4.65. The molecule has 0 saturated heterocycles. The molecule has 0 amide bonds. The second kappa shape index (κ2) is 6.61. The van der Waals surface area contributed by atoms with Gasteiger partial charge in [0.2, 0.25) is 0 Å². The van der Waals surface area contributed by atoms with Gasteiger partial charge in [-0.2, -0.15) is 0 Å². The molecule has 0 aliphatic carbocycles. The number of aromatic nitrogens is 1. The van der Waals surface area contributed by atoms with E-state index in [1.807, 2.05) is 18.2 Å². The number of rotatable bonds is 5. The number of hydrogen-bond acceptors (Lipinski definition) is 3. The molecule has 1 unspecified atom stereocenters. The molecule has 3 nitrogen and oxygen atoms in total. The zero-order valence-corrected chi connectivity index (χ0v) is 11.1. The lowest BCUT2D eigenvalue weighted by Gasteiger charge is -2.15. The number of nitrogens with two attached hydrogens (primary N) is 1. The van der Waals surface area contributed by atoms with E-state index < -0.39 is 5.82 Å². The largest absolute Gasteiger partial charge is 0.271 e. The molecular formula is C14H15ClFN3. The molecule has 100 valence electrons. The fourth-order valence-electron chi connectivity index (χ4n) is 1.91. The standard InChI is InChI=1S/C14H15ClFN3/c15-13-8-10(4-5-14(13)16)7-12(19-17)9-11-3-1-2-6-18-11/h1-6,8,12,19H,7,9,17H2. The molecule has 19 heavy (non-hydrogen) atoms. The maximum atomic E-state index is 13.1. The van der Waals surface area contributed by atoms with Crippen molar-refractivity contribution < 1.29 is 4.39 Å². The summed E-state index contributed by atoms with van der Waals surface area (Å²) < 4.78 is 13.1. The Balaban J connectivity index is 2.04. The average molecular weight is 280 g/mol. The molecule has 1 aromatic carbocycles. The van der Waals surface area contributed by atoms with Crippen molar-refractivity contribution in [2.24, 2.45) is 5.84 Å². The first-order chi connectivity index (χ1) is 9.19. The Hall–Kier alpha value is -1.49. The summed E-state index contributed by atoms with van der Waals surface area (Å²) >= 11 is 5.76. The summed E-state index contributed by atoms with van der Waals surface area (Å²) in [6, 6.07) is 10.5. The first kappa shape index (κ1) is 13.9. The van der Waals surface area contributed by atoms with Gasteiger partial charge in [-0.1, -0.05) is 23.7 Å². The van der Waals surface area contributed by atoms with Gasteiger partial charge in [-0.15, -0.1) is 0 Å². The summed E-state index contributed by atoms with van der Waals surface area (Å²) in [5, 5.41) is 0.131. The van der Waals surface area contributed by atoms with Crippen LogP contribution in [0.4, 0.5) is 4.39 Å². The molecule has 0 fully saturated rings. The van der Waals surface area contributed by atoms with Crippen molar-refractivity contribution in [2.75, 3.05) is 0 Å².